The zero-order valence-corrected chi connectivity index (χ0v) is 18.0. The molecule has 2 aliphatic heterocycles. The fraction of sp³-hybridized carbons (Fsp3) is 0.292. The molecular formula is C24H24N4O2S. The van der Waals surface area contributed by atoms with E-state index in [-0.39, 0.29) is 23.5 Å². The third-order valence-corrected chi connectivity index (χ3v) is 7.18. The molecule has 1 aromatic heterocycles. The summed E-state index contributed by atoms with van der Waals surface area (Å²) in [6, 6.07) is 18.1. The average molecular weight is 433 g/mol. The quantitative estimate of drug-likeness (QED) is 0.685. The first-order chi connectivity index (χ1) is 15.2. The van der Waals surface area contributed by atoms with Crippen molar-refractivity contribution in [2.45, 2.75) is 23.1 Å². The number of anilines is 1. The van der Waals surface area contributed by atoms with Crippen molar-refractivity contribution < 1.29 is 9.59 Å². The minimum atomic E-state index is -0.373. The van der Waals surface area contributed by atoms with Crippen molar-refractivity contribution in [3.05, 3.63) is 66.4 Å². The second-order valence-corrected chi connectivity index (χ2v) is 9.19. The van der Waals surface area contributed by atoms with Crippen LogP contribution in [0.15, 0.2) is 65.7 Å². The Bertz CT molecular complexity index is 1120. The molecule has 2 aromatic carbocycles. The van der Waals surface area contributed by atoms with Crippen LogP contribution < -0.4 is 5.32 Å². The molecule has 158 valence electrons. The monoisotopic (exact) mass is 432 g/mol. The van der Waals surface area contributed by atoms with E-state index in [0.717, 1.165) is 41.1 Å². The summed E-state index contributed by atoms with van der Waals surface area (Å²) in [5.74, 6) is -0.0300. The van der Waals surface area contributed by atoms with E-state index in [4.69, 9.17) is 0 Å². The van der Waals surface area contributed by atoms with Crippen LogP contribution in [0, 0.1) is 0 Å². The highest BCUT2D eigenvalue weighted by Crippen LogP contribution is 2.36. The third-order valence-electron chi connectivity index (χ3n) is 5.90. The minimum Gasteiger partial charge on any atom is -0.340 e. The van der Waals surface area contributed by atoms with Gasteiger partial charge in [0.25, 0.3) is 0 Å². The van der Waals surface area contributed by atoms with Crippen molar-refractivity contribution in [3.63, 3.8) is 0 Å². The Morgan fingerprint density at radius 2 is 1.84 bits per heavy atom. The Balaban J connectivity index is 1.17. The lowest BCUT2D eigenvalue weighted by Crippen LogP contribution is -2.49. The second kappa shape index (κ2) is 8.69. The molecule has 0 radical (unpaired) electrons. The predicted octanol–water partition coefficient (Wildman–Crippen LogP) is 3.38. The van der Waals surface area contributed by atoms with Crippen LogP contribution in [0.2, 0.25) is 0 Å². The third kappa shape index (κ3) is 4.29. The fourth-order valence-corrected chi connectivity index (χ4v) is 5.31. The van der Waals surface area contributed by atoms with Crippen molar-refractivity contribution in [1.82, 2.24) is 14.8 Å². The lowest BCUT2D eigenvalue weighted by atomic mass is 10.1. The molecule has 2 amide bonds. The smallest absolute Gasteiger partial charge is 0.238 e. The summed E-state index contributed by atoms with van der Waals surface area (Å²) in [6.45, 7) is 3.84. The van der Waals surface area contributed by atoms with E-state index >= 15 is 0 Å². The van der Waals surface area contributed by atoms with Gasteiger partial charge in [0.15, 0.2) is 0 Å². The number of aromatic nitrogens is 1. The summed E-state index contributed by atoms with van der Waals surface area (Å²) in [5.41, 5.74) is 3.09. The zero-order valence-electron chi connectivity index (χ0n) is 17.2. The number of nitrogens with zero attached hydrogens (tertiary/aromatic N) is 3. The van der Waals surface area contributed by atoms with E-state index in [1.54, 1.807) is 0 Å². The van der Waals surface area contributed by atoms with E-state index in [0.29, 0.717) is 13.1 Å². The summed E-state index contributed by atoms with van der Waals surface area (Å²) in [5, 5.41) is 3.70. The van der Waals surface area contributed by atoms with Crippen molar-refractivity contribution in [1.29, 1.82) is 0 Å². The van der Waals surface area contributed by atoms with Crippen LogP contribution in [-0.2, 0) is 16.1 Å². The minimum absolute atomic E-state index is 0.0542. The van der Waals surface area contributed by atoms with Crippen molar-refractivity contribution >= 4 is 40.2 Å². The molecule has 3 heterocycles. The van der Waals surface area contributed by atoms with Gasteiger partial charge in [0.1, 0.15) is 0 Å². The van der Waals surface area contributed by atoms with Gasteiger partial charge in [-0.05, 0) is 23.8 Å². The van der Waals surface area contributed by atoms with Crippen LogP contribution >= 0.6 is 11.8 Å². The Hall–Kier alpha value is -2.90. The van der Waals surface area contributed by atoms with Gasteiger partial charge in [0, 0.05) is 55.6 Å². The largest absolute Gasteiger partial charge is 0.340 e. The normalized spacial score (nSPS) is 19.2. The van der Waals surface area contributed by atoms with Gasteiger partial charge in [-0.3, -0.25) is 19.5 Å². The number of carbonyl (C=O) groups excluding carboxylic acids is 2. The number of rotatable bonds is 4. The second-order valence-electron chi connectivity index (χ2n) is 7.95. The molecule has 0 spiro atoms. The van der Waals surface area contributed by atoms with Gasteiger partial charge in [-0.2, -0.15) is 0 Å². The fourth-order valence-electron chi connectivity index (χ4n) is 4.21. The van der Waals surface area contributed by atoms with Crippen LogP contribution in [0.3, 0.4) is 0 Å². The molecule has 0 bridgehead atoms. The van der Waals surface area contributed by atoms with Gasteiger partial charge in [-0.25, -0.2) is 0 Å². The number of hydrogen-bond donors (Lipinski definition) is 1. The highest BCUT2D eigenvalue weighted by Gasteiger charge is 2.31. The summed E-state index contributed by atoms with van der Waals surface area (Å²) < 4.78 is 0. The predicted molar refractivity (Wildman–Crippen MR) is 123 cm³/mol. The first-order valence-electron chi connectivity index (χ1n) is 10.6. The number of pyridine rings is 1. The molecule has 0 aliphatic carbocycles. The summed E-state index contributed by atoms with van der Waals surface area (Å²) in [7, 11) is 0. The molecule has 1 saturated heterocycles. The topological polar surface area (TPSA) is 65.5 Å². The summed E-state index contributed by atoms with van der Waals surface area (Å²) in [6.07, 6.45) is 2.07. The van der Waals surface area contributed by atoms with Gasteiger partial charge in [0.05, 0.1) is 16.5 Å². The maximum absolute atomic E-state index is 12.9. The summed E-state index contributed by atoms with van der Waals surface area (Å²) in [4.78, 5) is 35.1. The molecule has 1 unspecified atom stereocenters. The summed E-state index contributed by atoms with van der Waals surface area (Å²) >= 11 is 1.48. The van der Waals surface area contributed by atoms with Gasteiger partial charge >= 0.3 is 0 Å². The first kappa shape index (κ1) is 20.0. The lowest BCUT2D eigenvalue weighted by molar-refractivity contribution is -0.134. The number of nitrogens with one attached hydrogen (secondary N) is 1. The van der Waals surface area contributed by atoms with E-state index in [2.05, 4.69) is 39.5 Å². The number of benzene rings is 2. The maximum Gasteiger partial charge on any atom is 0.238 e. The number of piperazine rings is 1. The van der Waals surface area contributed by atoms with E-state index in [1.165, 1.54) is 17.3 Å². The molecule has 1 N–H and O–H groups in total. The van der Waals surface area contributed by atoms with Crippen LogP contribution in [0.5, 0.6) is 0 Å². The standard InChI is InChI=1S/C24H24N4O2S/c29-22(15-21-24(30)26-19-8-1-2-9-20(19)31-21)28-13-11-27(12-14-28)16-18-6-3-5-17-7-4-10-25-23(17)18/h1-10,21H,11-16H2,(H,26,30). The zero-order chi connectivity index (χ0) is 21.2. The van der Waals surface area contributed by atoms with Gasteiger partial charge < -0.3 is 10.2 Å². The van der Waals surface area contributed by atoms with Crippen molar-refractivity contribution in [2.75, 3.05) is 31.5 Å². The molecule has 1 atom stereocenters. The van der Waals surface area contributed by atoms with Crippen molar-refractivity contribution in [2.24, 2.45) is 0 Å². The number of thioether (sulfide) groups is 1. The van der Waals surface area contributed by atoms with E-state index < -0.39 is 0 Å². The molecule has 5 rings (SSSR count). The van der Waals surface area contributed by atoms with E-state index in [9.17, 15) is 9.59 Å². The van der Waals surface area contributed by atoms with Crippen LogP contribution in [0.1, 0.15) is 12.0 Å². The number of carbonyl (C=O) groups is 2. The Labute approximate surface area is 185 Å². The highest BCUT2D eigenvalue weighted by molar-refractivity contribution is 8.01. The molecule has 7 heteroatoms. The van der Waals surface area contributed by atoms with E-state index in [1.807, 2.05) is 41.4 Å². The Morgan fingerprint density at radius 1 is 1.03 bits per heavy atom. The average Bonchev–Trinajstić information content (AvgIpc) is 2.80. The molecule has 0 saturated carbocycles. The Kier molecular flexibility index (Phi) is 5.61. The van der Waals surface area contributed by atoms with Crippen LogP contribution in [0.4, 0.5) is 5.69 Å². The number of hydrogen-bond acceptors (Lipinski definition) is 5. The van der Waals surface area contributed by atoms with Crippen LogP contribution in [0.25, 0.3) is 10.9 Å². The highest BCUT2D eigenvalue weighted by atomic mass is 32.2. The number of fused-ring (bicyclic) bond motifs is 2. The molecule has 3 aromatic rings. The molecule has 6 nitrogen and oxygen atoms in total. The maximum atomic E-state index is 12.9. The number of amides is 2. The van der Waals surface area contributed by atoms with Gasteiger partial charge in [0.2, 0.25) is 11.8 Å². The molecular weight excluding hydrogens is 408 g/mol. The van der Waals surface area contributed by atoms with Crippen molar-refractivity contribution in [3.8, 4) is 0 Å². The lowest BCUT2D eigenvalue weighted by Gasteiger charge is -2.35. The number of para-hydroxylation sites is 2. The SMILES string of the molecule is O=C1Nc2ccccc2SC1CC(=O)N1CCN(Cc2cccc3cccnc23)CC1. The Morgan fingerprint density at radius 3 is 2.71 bits per heavy atom. The van der Waals surface area contributed by atoms with Gasteiger partial charge in [-0.15, -0.1) is 11.8 Å². The molecule has 1 fully saturated rings. The van der Waals surface area contributed by atoms with Gasteiger partial charge in [-0.1, -0.05) is 36.4 Å². The molecule has 2 aliphatic rings. The first-order valence-corrected chi connectivity index (χ1v) is 11.4. The van der Waals surface area contributed by atoms with Crippen LogP contribution in [-0.4, -0.2) is 58.0 Å². The molecule has 31 heavy (non-hydrogen) atoms.